The molecule has 0 bridgehead atoms. The van der Waals surface area contributed by atoms with Crippen molar-refractivity contribution in [3.05, 3.63) is 12.7 Å². The summed E-state index contributed by atoms with van der Waals surface area (Å²) in [6.45, 7) is 13.2. The van der Waals surface area contributed by atoms with Gasteiger partial charge < -0.3 is 10.2 Å². The molecule has 1 saturated heterocycles. The third kappa shape index (κ3) is 5.33. The Kier molecular flexibility index (Phi) is 5.96. The van der Waals surface area contributed by atoms with E-state index in [0.717, 1.165) is 12.3 Å². The molecule has 0 spiro atoms. The van der Waals surface area contributed by atoms with Gasteiger partial charge in [-0.1, -0.05) is 19.9 Å². The molecule has 1 aliphatic heterocycles. The molecule has 15 heavy (non-hydrogen) atoms. The highest BCUT2D eigenvalue weighted by Crippen LogP contribution is 2.15. The van der Waals surface area contributed by atoms with Gasteiger partial charge in [0.2, 0.25) is 0 Å². The zero-order valence-electron chi connectivity index (χ0n) is 10.3. The van der Waals surface area contributed by atoms with Gasteiger partial charge in [-0.05, 0) is 38.3 Å². The summed E-state index contributed by atoms with van der Waals surface area (Å²) in [6, 6.07) is 0.619. The van der Waals surface area contributed by atoms with Crippen molar-refractivity contribution in [1.29, 1.82) is 0 Å². The number of nitrogens with zero attached hydrogens (tertiary/aromatic N) is 1. The molecule has 88 valence electrons. The first kappa shape index (κ1) is 12.7. The fourth-order valence-electron chi connectivity index (χ4n) is 2.20. The van der Waals surface area contributed by atoms with Gasteiger partial charge in [-0.25, -0.2) is 0 Å². The van der Waals surface area contributed by atoms with Crippen LogP contribution in [0.4, 0.5) is 0 Å². The molecule has 0 aromatic heterocycles. The van der Waals surface area contributed by atoms with Crippen molar-refractivity contribution >= 4 is 0 Å². The van der Waals surface area contributed by atoms with Crippen LogP contribution in [0.1, 0.15) is 33.1 Å². The van der Waals surface area contributed by atoms with Crippen LogP contribution < -0.4 is 5.32 Å². The van der Waals surface area contributed by atoms with E-state index >= 15 is 0 Å². The fraction of sp³-hybridized carbons (Fsp3) is 0.846. The Morgan fingerprint density at radius 2 is 2.33 bits per heavy atom. The summed E-state index contributed by atoms with van der Waals surface area (Å²) in [6.07, 6.45) is 5.91. The van der Waals surface area contributed by atoms with E-state index in [1.54, 1.807) is 0 Å². The van der Waals surface area contributed by atoms with Crippen molar-refractivity contribution in [2.45, 2.75) is 39.2 Å². The molecule has 0 aromatic carbocycles. The summed E-state index contributed by atoms with van der Waals surface area (Å²) in [5, 5.41) is 3.55. The Labute approximate surface area is 94.7 Å². The van der Waals surface area contributed by atoms with Gasteiger partial charge in [-0.3, -0.25) is 0 Å². The number of nitrogens with one attached hydrogen (secondary N) is 1. The molecule has 0 aromatic rings. The molecule has 1 heterocycles. The van der Waals surface area contributed by atoms with Gasteiger partial charge in [-0.2, -0.15) is 0 Å². The molecule has 0 radical (unpaired) electrons. The molecule has 1 aliphatic rings. The number of hydrogen-bond acceptors (Lipinski definition) is 2. The Bertz CT molecular complexity index is 177. The molecule has 0 aliphatic carbocycles. The Hall–Kier alpha value is -0.340. The van der Waals surface area contributed by atoms with Crippen molar-refractivity contribution in [3.8, 4) is 0 Å². The van der Waals surface area contributed by atoms with E-state index in [1.165, 1.54) is 39.0 Å². The van der Waals surface area contributed by atoms with Gasteiger partial charge in [0, 0.05) is 19.1 Å². The zero-order valence-corrected chi connectivity index (χ0v) is 10.3. The van der Waals surface area contributed by atoms with Crippen LogP contribution in [0.15, 0.2) is 12.7 Å². The molecule has 2 heteroatoms. The Morgan fingerprint density at radius 1 is 1.53 bits per heavy atom. The standard InChI is InChI=1S/C13H26N2/c1-4-5-8-15-9-6-7-13(11-15)10-14-12(2)3/h4,12-14H,1,5-11H2,2-3H3. The fourth-order valence-corrected chi connectivity index (χ4v) is 2.20. The minimum absolute atomic E-state index is 0.619. The SMILES string of the molecule is C=CCCN1CCCC(CNC(C)C)C1. The Balaban J connectivity index is 2.19. The summed E-state index contributed by atoms with van der Waals surface area (Å²) >= 11 is 0. The number of rotatable bonds is 6. The van der Waals surface area contributed by atoms with Gasteiger partial charge in [-0.15, -0.1) is 6.58 Å². The maximum absolute atomic E-state index is 3.78. The topological polar surface area (TPSA) is 15.3 Å². The molecule has 1 N–H and O–H groups in total. The van der Waals surface area contributed by atoms with E-state index in [1.807, 2.05) is 6.08 Å². The molecular formula is C13H26N2. The van der Waals surface area contributed by atoms with E-state index in [2.05, 4.69) is 30.6 Å². The van der Waals surface area contributed by atoms with Crippen molar-refractivity contribution in [2.24, 2.45) is 5.92 Å². The van der Waals surface area contributed by atoms with Gasteiger partial charge in [0.25, 0.3) is 0 Å². The molecule has 1 rings (SSSR count). The van der Waals surface area contributed by atoms with Gasteiger partial charge in [0.05, 0.1) is 0 Å². The highest BCUT2D eigenvalue weighted by Gasteiger charge is 2.18. The smallest absolute Gasteiger partial charge is 0.00219 e. The average molecular weight is 210 g/mol. The average Bonchev–Trinajstić information content (AvgIpc) is 2.24. The largest absolute Gasteiger partial charge is 0.314 e. The predicted molar refractivity (Wildman–Crippen MR) is 67.1 cm³/mol. The first-order valence-corrected chi connectivity index (χ1v) is 6.29. The minimum atomic E-state index is 0.619. The third-order valence-corrected chi connectivity index (χ3v) is 3.07. The molecular weight excluding hydrogens is 184 g/mol. The van der Waals surface area contributed by atoms with Crippen LogP contribution in [-0.2, 0) is 0 Å². The number of hydrogen-bond donors (Lipinski definition) is 1. The molecule has 1 fully saturated rings. The highest BCUT2D eigenvalue weighted by atomic mass is 15.1. The second kappa shape index (κ2) is 7.02. The van der Waals surface area contributed by atoms with Gasteiger partial charge >= 0.3 is 0 Å². The monoisotopic (exact) mass is 210 g/mol. The lowest BCUT2D eigenvalue weighted by molar-refractivity contribution is 0.173. The van der Waals surface area contributed by atoms with Crippen LogP contribution in [-0.4, -0.2) is 37.1 Å². The van der Waals surface area contributed by atoms with E-state index in [-0.39, 0.29) is 0 Å². The van der Waals surface area contributed by atoms with Crippen LogP contribution in [0.2, 0.25) is 0 Å². The van der Waals surface area contributed by atoms with Gasteiger partial charge in [0.15, 0.2) is 0 Å². The van der Waals surface area contributed by atoms with Crippen LogP contribution in [0.5, 0.6) is 0 Å². The summed E-state index contributed by atoms with van der Waals surface area (Å²) in [7, 11) is 0. The maximum Gasteiger partial charge on any atom is 0.00219 e. The zero-order chi connectivity index (χ0) is 11.1. The van der Waals surface area contributed by atoms with Crippen LogP contribution in [0, 0.1) is 5.92 Å². The Morgan fingerprint density at radius 3 is 3.00 bits per heavy atom. The first-order chi connectivity index (χ1) is 7.22. The van der Waals surface area contributed by atoms with E-state index in [0.29, 0.717) is 6.04 Å². The van der Waals surface area contributed by atoms with Crippen LogP contribution in [0.3, 0.4) is 0 Å². The second-order valence-corrected chi connectivity index (χ2v) is 4.95. The quantitative estimate of drug-likeness (QED) is 0.677. The number of likely N-dealkylation sites (tertiary alicyclic amines) is 1. The number of piperidine rings is 1. The summed E-state index contributed by atoms with van der Waals surface area (Å²) < 4.78 is 0. The van der Waals surface area contributed by atoms with Gasteiger partial charge in [0.1, 0.15) is 0 Å². The minimum Gasteiger partial charge on any atom is -0.314 e. The lowest BCUT2D eigenvalue weighted by atomic mass is 9.97. The first-order valence-electron chi connectivity index (χ1n) is 6.29. The van der Waals surface area contributed by atoms with Crippen molar-refractivity contribution in [1.82, 2.24) is 10.2 Å². The molecule has 1 unspecified atom stereocenters. The summed E-state index contributed by atoms with van der Waals surface area (Å²) in [5.74, 6) is 0.853. The normalized spacial score (nSPS) is 23.3. The van der Waals surface area contributed by atoms with E-state index in [4.69, 9.17) is 0 Å². The molecule has 2 nitrogen and oxygen atoms in total. The second-order valence-electron chi connectivity index (χ2n) is 4.95. The van der Waals surface area contributed by atoms with E-state index < -0.39 is 0 Å². The third-order valence-electron chi connectivity index (χ3n) is 3.07. The molecule has 0 saturated carbocycles. The molecule has 0 amide bonds. The summed E-state index contributed by atoms with van der Waals surface area (Å²) in [5.41, 5.74) is 0. The predicted octanol–water partition coefficient (Wildman–Crippen LogP) is 2.27. The van der Waals surface area contributed by atoms with E-state index in [9.17, 15) is 0 Å². The van der Waals surface area contributed by atoms with Crippen LogP contribution in [0.25, 0.3) is 0 Å². The van der Waals surface area contributed by atoms with Crippen molar-refractivity contribution < 1.29 is 0 Å². The maximum atomic E-state index is 3.78. The highest BCUT2D eigenvalue weighted by molar-refractivity contribution is 4.77. The molecule has 1 atom stereocenters. The van der Waals surface area contributed by atoms with Crippen molar-refractivity contribution in [3.63, 3.8) is 0 Å². The summed E-state index contributed by atoms with van der Waals surface area (Å²) in [4.78, 5) is 2.58. The van der Waals surface area contributed by atoms with Crippen LogP contribution >= 0.6 is 0 Å². The lowest BCUT2D eigenvalue weighted by Crippen LogP contribution is -2.41. The van der Waals surface area contributed by atoms with Crippen molar-refractivity contribution in [2.75, 3.05) is 26.2 Å². The lowest BCUT2D eigenvalue weighted by Gasteiger charge is -2.33.